The van der Waals surface area contributed by atoms with Crippen molar-refractivity contribution < 1.29 is 32.2 Å². The summed E-state index contributed by atoms with van der Waals surface area (Å²) in [6.07, 6.45) is -4.90. The van der Waals surface area contributed by atoms with Crippen LogP contribution in [0.3, 0.4) is 0 Å². The normalized spacial score (nSPS) is 18.8. The van der Waals surface area contributed by atoms with E-state index in [0.29, 0.717) is 12.8 Å². The molecule has 0 amide bonds. The van der Waals surface area contributed by atoms with Gasteiger partial charge in [0.15, 0.2) is 11.0 Å². The minimum absolute atomic E-state index is 0.0163. The molecule has 0 radical (unpaired) electrons. The number of rotatable bonds is 4. The molecule has 1 aromatic heterocycles. The van der Waals surface area contributed by atoms with Crippen molar-refractivity contribution in [1.29, 1.82) is 0 Å². The van der Waals surface area contributed by atoms with E-state index in [1.165, 1.54) is 12.1 Å². The van der Waals surface area contributed by atoms with Gasteiger partial charge in [0.25, 0.3) is 0 Å². The summed E-state index contributed by atoms with van der Waals surface area (Å²) < 4.78 is 51.5. The summed E-state index contributed by atoms with van der Waals surface area (Å²) in [5, 5.41) is 9.57. The predicted molar refractivity (Wildman–Crippen MR) is 103 cm³/mol. The average Bonchev–Trinajstić information content (AvgIpc) is 2.64. The minimum atomic E-state index is -4.70. The van der Waals surface area contributed by atoms with Crippen molar-refractivity contribution in [1.82, 2.24) is 0 Å². The fourth-order valence-electron chi connectivity index (χ4n) is 3.35. The van der Waals surface area contributed by atoms with E-state index in [1.807, 2.05) is 0 Å². The van der Waals surface area contributed by atoms with Gasteiger partial charge in [-0.05, 0) is 37.1 Å². The van der Waals surface area contributed by atoms with Gasteiger partial charge in [0, 0.05) is 11.6 Å². The van der Waals surface area contributed by atoms with Crippen LogP contribution in [0.2, 0.25) is 5.02 Å². The van der Waals surface area contributed by atoms with E-state index in [0.717, 1.165) is 24.3 Å². The molecule has 4 rings (SSSR count). The molecule has 5 nitrogen and oxygen atoms in total. The van der Waals surface area contributed by atoms with Crippen LogP contribution in [0.25, 0.3) is 22.3 Å². The van der Waals surface area contributed by atoms with Crippen molar-refractivity contribution in [3.05, 3.63) is 63.3 Å². The first-order valence-corrected chi connectivity index (χ1v) is 9.36. The Morgan fingerprint density at radius 2 is 1.93 bits per heavy atom. The third-order valence-electron chi connectivity index (χ3n) is 5.08. The number of halogens is 4. The lowest BCUT2D eigenvalue weighted by Gasteiger charge is -2.34. The Bertz CT molecular complexity index is 1200. The van der Waals surface area contributed by atoms with E-state index in [2.05, 4.69) is 0 Å². The van der Waals surface area contributed by atoms with Crippen molar-refractivity contribution in [2.45, 2.75) is 25.1 Å². The van der Waals surface area contributed by atoms with E-state index in [9.17, 15) is 22.8 Å². The van der Waals surface area contributed by atoms with Gasteiger partial charge in [0.05, 0.1) is 21.9 Å². The molecular weight excluding hydrogens is 425 g/mol. The first-order chi connectivity index (χ1) is 14.1. The van der Waals surface area contributed by atoms with E-state index in [1.54, 1.807) is 6.07 Å². The van der Waals surface area contributed by atoms with Gasteiger partial charge in [0.1, 0.15) is 17.6 Å². The molecule has 1 saturated carbocycles. The van der Waals surface area contributed by atoms with Crippen LogP contribution in [0, 0.1) is 5.92 Å². The van der Waals surface area contributed by atoms with Gasteiger partial charge in [-0.25, -0.2) is 0 Å². The molecule has 1 aliphatic carbocycles. The summed E-state index contributed by atoms with van der Waals surface area (Å²) in [6.45, 7) is 0. The highest BCUT2D eigenvalue weighted by molar-refractivity contribution is 6.34. The summed E-state index contributed by atoms with van der Waals surface area (Å²) in [4.78, 5) is 23.6. The quantitative estimate of drug-likeness (QED) is 0.592. The predicted octanol–water partition coefficient (Wildman–Crippen LogP) is 5.37. The maximum atomic E-state index is 13.4. The van der Waals surface area contributed by atoms with Crippen molar-refractivity contribution in [2.75, 3.05) is 0 Å². The highest BCUT2D eigenvalue weighted by Gasteiger charge is 2.41. The Kier molecular flexibility index (Phi) is 4.97. The Labute approximate surface area is 172 Å². The number of carboxylic acids is 1. The van der Waals surface area contributed by atoms with Crippen LogP contribution < -0.4 is 10.2 Å². The number of carbonyl (C=O) groups is 1. The highest BCUT2D eigenvalue weighted by atomic mass is 35.5. The second kappa shape index (κ2) is 7.36. The van der Waals surface area contributed by atoms with Crippen molar-refractivity contribution in [2.24, 2.45) is 5.92 Å². The maximum Gasteiger partial charge on any atom is 0.419 e. The average molecular weight is 439 g/mol. The number of hydrogen-bond donors (Lipinski definition) is 1. The largest absolute Gasteiger partial charge is 0.489 e. The summed E-state index contributed by atoms with van der Waals surface area (Å²) in [5.41, 5.74) is -1.15. The van der Waals surface area contributed by atoms with E-state index in [4.69, 9.17) is 25.9 Å². The molecule has 1 aliphatic rings. The lowest BCUT2D eigenvalue weighted by Crippen LogP contribution is -2.41. The van der Waals surface area contributed by atoms with Crippen molar-refractivity contribution in [3.63, 3.8) is 0 Å². The van der Waals surface area contributed by atoms with Crippen LogP contribution in [-0.4, -0.2) is 17.2 Å². The van der Waals surface area contributed by atoms with Gasteiger partial charge in [-0.15, -0.1) is 0 Å². The number of aliphatic carboxylic acids is 1. The zero-order valence-electron chi connectivity index (χ0n) is 15.2. The SMILES string of the molecule is O=C(O)C1CCC1Oc1cc(-c2cc(=O)c3cccc(Cl)c3o2)ccc1C(F)(F)F. The Hall–Kier alpha value is -3.00. The standard InChI is InChI=1S/C21H14ClF3O5/c22-14-3-1-2-11-15(26)9-17(30-19(11)14)10-4-6-13(21(23,24)25)18(8-10)29-16-7-5-12(16)20(27)28/h1-4,6,8-9,12,16H,5,7H2,(H,27,28). The lowest BCUT2D eigenvalue weighted by atomic mass is 9.82. The molecule has 3 aromatic rings. The van der Waals surface area contributed by atoms with Crippen molar-refractivity contribution >= 4 is 28.5 Å². The second-order valence-corrected chi connectivity index (χ2v) is 7.39. The van der Waals surface area contributed by atoms with Crippen LogP contribution in [0.15, 0.2) is 51.7 Å². The molecule has 2 unspecified atom stereocenters. The summed E-state index contributed by atoms with van der Waals surface area (Å²) in [6, 6.07) is 8.88. The molecule has 0 aliphatic heterocycles. The molecule has 1 N–H and O–H groups in total. The number of ether oxygens (including phenoxy) is 1. The number of hydrogen-bond acceptors (Lipinski definition) is 4. The van der Waals surface area contributed by atoms with Gasteiger partial charge in [-0.2, -0.15) is 13.2 Å². The number of carboxylic acid groups (broad SMARTS) is 1. The molecule has 30 heavy (non-hydrogen) atoms. The fourth-order valence-corrected chi connectivity index (χ4v) is 3.56. The molecule has 2 atom stereocenters. The van der Waals surface area contributed by atoms with E-state index < -0.39 is 40.9 Å². The summed E-state index contributed by atoms with van der Waals surface area (Å²) >= 11 is 6.08. The first kappa shape index (κ1) is 20.3. The van der Waals surface area contributed by atoms with Crippen LogP contribution in [-0.2, 0) is 11.0 Å². The van der Waals surface area contributed by atoms with Crippen LogP contribution >= 0.6 is 11.6 Å². The lowest BCUT2D eigenvalue weighted by molar-refractivity contribution is -0.151. The Morgan fingerprint density at radius 1 is 1.17 bits per heavy atom. The molecule has 9 heteroatoms. The van der Waals surface area contributed by atoms with E-state index >= 15 is 0 Å². The number of para-hydroxylation sites is 1. The smallest absolute Gasteiger partial charge is 0.419 e. The van der Waals surface area contributed by atoms with Crippen LogP contribution in [0.5, 0.6) is 5.75 Å². The first-order valence-electron chi connectivity index (χ1n) is 8.98. The topological polar surface area (TPSA) is 76.7 Å². The molecule has 1 fully saturated rings. The zero-order valence-corrected chi connectivity index (χ0v) is 16.0. The van der Waals surface area contributed by atoms with Crippen LogP contribution in [0.1, 0.15) is 18.4 Å². The molecule has 2 aromatic carbocycles. The van der Waals surface area contributed by atoms with Gasteiger partial charge >= 0.3 is 12.1 Å². The third-order valence-corrected chi connectivity index (χ3v) is 5.38. The van der Waals surface area contributed by atoms with E-state index in [-0.39, 0.29) is 27.3 Å². The van der Waals surface area contributed by atoms with Gasteiger partial charge in [-0.3, -0.25) is 9.59 Å². The number of benzene rings is 2. The van der Waals surface area contributed by atoms with Crippen molar-refractivity contribution in [3.8, 4) is 17.1 Å². The third kappa shape index (κ3) is 3.63. The molecular formula is C21H14ClF3O5. The summed E-state index contributed by atoms with van der Waals surface area (Å²) in [7, 11) is 0. The Balaban J connectivity index is 1.80. The Morgan fingerprint density at radius 3 is 2.57 bits per heavy atom. The monoisotopic (exact) mass is 438 g/mol. The van der Waals surface area contributed by atoms with Crippen LogP contribution in [0.4, 0.5) is 13.2 Å². The maximum absolute atomic E-state index is 13.4. The van der Waals surface area contributed by atoms with Gasteiger partial charge in [-0.1, -0.05) is 23.7 Å². The number of fused-ring (bicyclic) bond motifs is 1. The van der Waals surface area contributed by atoms with Gasteiger partial charge < -0.3 is 14.3 Å². The highest BCUT2D eigenvalue weighted by Crippen LogP contribution is 2.41. The molecule has 0 bridgehead atoms. The minimum Gasteiger partial charge on any atom is -0.489 e. The molecule has 156 valence electrons. The molecule has 0 saturated heterocycles. The molecule has 1 heterocycles. The number of alkyl halides is 3. The van der Waals surface area contributed by atoms with Gasteiger partial charge in [0.2, 0.25) is 0 Å². The summed E-state index contributed by atoms with van der Waals surface area (Å²) in [5.74, 6) is -2.49. The molecule has 0 spiro atoms. The zero-order chi connectivity index (χ0) is 21.6. The fraction of sp³-hybridized carbons (Fsp3) is 0.238. The second-order valence-electron chi connectivity index (χ2n) is 6.98.